The molecule has 1 aromatic heterocycles. The standard InChI is InChI=1S/C18H23N5O3/c1-25-9-7-23-12-5-3-2-4-11(12)10-13(23)15-14-16(19)21-18(24)22-17(14)26-8-6-20-15/h2-5,13,15,20H,6-10H2,1H3,(H3,19,21,22,24). The summed E-state index contributed by atoms with van der Waals surface area (Å²) in [5.41, 5.74) is 8.89. The molecule has 0 radical (unpaired) electrons. The van der Waals surface area contributed by atoms with E-state index in [1.54, 1.807) is 7.11 Å². The van der Waals surface area contributed by atoms with Gasteiger partial charge in [0.25, 0.3) is 0 Å². The van der Waals surface area contributed by atoms with Gasteiger partial charge in [-0.3, -0.25) is 4.98 Å². The second kappa shape index (κ2) is 6.97. The van der Waals surface area contributed by atoms with Crippen LogP contribution in [0.5, 0.6) is 5.88 Å². The van der Waals surface area contributed by atoms with Crippen LogP contribution in [-0.4, -0.2) is 49.4 Å². The van der Waals surface area contributed by atoms with Crippen molar-refractivity contribution in [1.29, 1.82) is 0 Å². The van der Waals surface area contributed by atoms with E-state index in [9.17, 15) is 4.79 Å². The number of nitrogens with two attached hydrogens (primary N) is 1. The van der Waals surface area contributed by atoms with Gasteiger partial charge < -0.3 is 25.4 Å². The quantitative estimate of drug-likeness (QED) is 0.730. The van der Waals surface area contributed by atoms with Gasteiger partial charge in [0.15, 0.2) is 0 Å². The third-order valence-electron chi connectivity index (χ3n) is 5.03. The number of anilines is 2. The fraction of sp³-hybridized carbons (Fsp3) is 0.444. The first kappa shape index (κ1) is 16.9. The summed E-state index contributed by atoms with van der Waals surface area (Å²) in [6, 6.07) is 8.40. The predicted octanol–water partition coefficient (Wildman–Crippen LogP) is 0.453. The van der Waals surface area contributed by atoms with Crippen molar-refractivity contribution in [3.63, 3.8) is 0 Å². The summed E-state index contributed by atoms with van der Waals surface area (Å²) in [6.45, 7) is 2.49. The van der Waals surface area contributed by atoms with Gasteiger partial charge in [0.1, 0.15) is 12.4 Å². The Morgan fingerprint density at radius 3 is 3.12 bits per heavy atom. The van der Waals surface area contributed by atoms with Crippen LogP contribution in [-0.2, 0) is 11.2 Å². The summed E-state index contributed by atoms with van der Waals surface area (Å²) in [6.07, 6.45) is 0.871. The molecule has 0 saturated heterocycles. The Morgan fingerprint density at radius 2 is 2.27 bits per heavy atom. The van der Waals surface area contributed by atoms with Gasteiger partial charge in [0, 0.05) is 25.9 Å². The number of benzene rings is 1. The summed E-state index contributed by atoms with van der Waals surface area (Å²) in [5, 5.41) is 3.53. The summed E-state index contributed by atoms with van der Waals surface area (Å²) in [5.74, 6) is 0.631. The van der Waals surface area contributed by atoms with Crippen molar-refractivity contribution in [2.24, 2.45) is 0 Å². The molecular weight excluding hydrogens is 334 g/mol. The normalized spacial score (nSPS) is 21.7. The summed E-state index contributed by atoms with van der Waals surface area (Å²) in [4.78, 5) is 20.7. The van der Waals surface area contributed by atoms with E-state index in [1.165, 1.54) is 11.3 Å². The van der Waals surface area contributed by atoms with Crippen LogP contribution in [0.1, 0.15) is 17.2 Å². The average molecular weight is 357 g/mol. The Kier molecular flexibility index (Phi) is 4.52. The number of nitrogens with zero attached hydrogens (tertiary/aromatic N) is 2. The molecule has 2 unspecified atom stereocenters. The maximum Gasteiger partial charge on any atom is 0.349 e. The number of hydrogen-bond donors (Lipinski definition) is 3. The molecule has 0 bridgehead atoms. The number of aromatic nitrogens is 2. The molecule has 2 atom stereocenters. The van der Waals surface area contributed by atoms with Crippen molar-refractivity contribution in [3.05, 3.63) is 45.9 Å². The van der Waals surface area contributed by atoms with Gasteiger partial charge in [-0.1, -0.05) is 18.2 Å². The molecule has 0 aliphatic carbocycles. The van der Waals surface area contributed by atoms with Gasteiger partial charge in [-0.15, -0.1) is 0 Å². The van der Waals surface area contributed by atoms with E-state index in [2.05, 4.69) is 38.4 Å². The molecule has 0 saturated carbocycles. The highest BCUT2D eigenvalue weighted by Crippen LogP contribution is 2.40. The van der Waals surface area contributed by atoms with Crippen molar-refractivity contribution in [3.8, 4) is 5.88 Å². The lowest BCUT2D eigenvalue weighted by Crippen LogP contribution is -2.45. The Balaban J connectivity index is 1.76. The van der Waals surface area contributed by atoms with Gasteiger partial charge in [-0.25, -0.2) is 4.79 Å². The minimum absolute atomic E-state index is 0.110. The number of para-hydroxylation sites is 1. The second-order valence-corrected chi connectivity index (χ2v) is 6.54. The lowest BCUT2D eigenvalue weighted by molar-refractivity contribution is 0.202. The molecule has 0 amide bonds. The van der Waals surface area contributed by atoms with Crippen molar-refractivity contribution in [2.75, 3.05) is 44.0 Å². The van der Waals surface area contributed by atoms with E-state index in [0.29, 0.717) is 31.5 Å². The average Bonchev–Trinajstić information content (AvgIpc) is 2.85. The minimum atomic E-state index is -0.493. The number of aromatic amines is 1. The van der Waals surface area contributed by atoms with Gasteiger partial charge in [0.05, 0.1) is 24.3 Å². The van der Waals surface area contributed by atoms with Crippen LogP contribution in [0.25, 0.3) is 0 Å². The van der Waals surface area contributed by atoms with Gasteiger partial charge in [-0.2, -0.15) is 4.98 Å². The highest BCUT2D eigenvalue weighted by atomic mass is 16.5. The first-order valence-corrected chi connectivity index (χ1v) is 8.78. The van der Waals surface area contributed by atoms with Crippen LogP contribution >= 0.6 is 0 Å². The van der Waals surface area contributed by atoms with Crippen molar-refractivity contribution < 1.29 is 9.47 Å². The van der Waals surface area contributed by atoms with E-state index in [-0.39, 0.29) is 12.1 Å². The largest absolute Gasteiger partial charge is 0.476 e. The third kappa shape index (κ3) is 2.91. The number of nitrogens with one attached hydrogen (secondary N) is 2. The number of rotatable bonds is 4. The molecule has 4 rings (SSSR count). The van der Waals surface area contributed by atoms with Crippen LogP contribution in [0.3, 0.4) is 0 Å². The molecule has 3 heterocycles. The number of hydrogen-bond acceptors (Lipinski definition) is 7. The zero-order valence-electron chi connectivity index (χ0n) is 14.7. The highest BCUT2D eigenvalue weighted by Gasteiger charge is 2.39. The number of fused-ring (bicyclic) bond motifs is 2. The maximum atomic E-state index is 11.7. The molecule has 0 spiro atoms. The molecule has 26 heavy (non-hydrogen) atoms. The maximum absolute atomic E-state index is 11.7. The van der Waals surface area contributed by atoms with Crippen LogP contribution in [0.15, 0.2) is 29.1 Å². The van der Waals surface area contributed by atoms with Crippen molar-refractivity contribution in [1.82, 2.24) is 15.3 Å². The van der Waals surface area contributed by atoms with E-state index in [0.717, 1.165) is 18.5 Å². The first-order valence-electron chi connectivity index (χ1n) is 8.78. The number of nitrogen functional groups attached to an aromatic ring is 1. The summed E-state index contributed by atoms with van der Waals surface area (Å²) in [7, 11) is 1.71. The lowest BCUT2D eigenvalue weighted by atomic mass is 9.96. The molecule has 138 valence electrons. The minimum Gasteiger partial charge on any atom is -0.476 e. The zero-order valence-corrected chi connectivity index (χ0v) is 14.7. The third-order valence-corrected chi connectivity index (χ3v) is 5.03. The van der Waals surface area contributed by atoms with Crippen LogP contribution in [0.4, 0.5) is 11.5 Å². The topological polar surface area (TPSA) is 106 Å². The smallest absolute Gasteiger partial charge is 0.349 e. The molecule has 2 aliphatic heterocycles. The fourth-order valence-electron chi connectivity index (χ4n) is 3.93. The lowest BCUT2D eigenvalue weighted by Gasteiger charge is -2.34. The second-order valence-electron chi connectivity index (χ2n) is 6.54. The Hall–Kier alpha value is -2.58. The summed E-state index contributed by atoms with van der Waals surface area (Å²) < 4.78 is 11.0. The van der Waals surface area contributed by atoms with E-state index < -0.39 is 5.69 Å². The number of H-pyrrole nitrogens is 1. The highest BCUT2D eigenvalue weighted by molar-refractivity contribution is 5.61. The molecule has 8 nitrogen and oxygen atoms in total. The molecule has 0 fully saturated rings. The molecular formula is C18H23N5O3. The van der Waals surface area contributed by atoms with E-state index in [4.69, 9.17) is 15.2 Å². The van der Waals surface area contributed by atoms with Crippen LogP contribution < -0.4 is 26.4 Å². The Morgan fingerprint density at radius 1 is 1.42 bits per heavy atom. The molecule has 2 aliphatic rings. The fourth-order valence-corrected chi connectivity index (χ4v) is 3.93. The van der Waals surface area contributed by atoms with E-state index >= 15 is 0 Å². The van der Waals surface area contributed by atoms with Crippen LogP contribution in [0, 0.1) is 0 Å². The molecule has 4 N–H and O–H groups in total. The molecule has 2 aromatic rings. The van der Waals surface area contributed by atoms with Gasteiger partial charge in [0.2, 0.25) is 5.88 Å². The SMILES string of the molecule is COCCN1c2ccccc2CC1C1NCCOc2nc(=O)[nH]c(N)c21. The monoisotopic (exact) mass is 357 g/mol. The van der Waals surface area contributed by atoms with E-state index in [1.807, 2.05) is 6.07 Å². The van der Waals surface area contributed by atoms with Gasteiger partial charge in [-0.05, 0) is 18.1 Å². The molecule has 1 aromatic carbocycles. The predicted molar refractivity (Wildman–Crippen MR) is 98.7 cm³/mol. The number of ether oxygens (including phenoxy) is 2. The summed E-state index contributed by atoms with van der Waals surface area (Å²) >= 11 is 0. The molecule has 8 heteroatoms. The first-order chi connectivity index (χ1) is 12.7. The zero-order chi connectivity index (χ0) is 18.1. The number of methoxy groups -OCH3 is 1. The van der Waals surface area contributed by atoms with Crippen molar-refractivity contribution >= 4 is 11.5 Å². The van der Waals surface area contributed by atoms with Crippen LogP contribution in [0.2, 0.25) is 0 Å². The Bertz CT molecular complexity index is 853. The van der Waals surface area contributed by atoms with Gasteiger partial charge >= 0.3 is 5.69 Å². The Labute approximate surface area is 151 Å². The van der Waals surface area contributed by atoms with Crippen molar-refractivity contribution in [2.45, 2.75) is 18.5 Å².